The fourth-order valence-corrected chi connectivity index (χ4v) is 3.62. The summed E-state index contributed by atoms with van der Waals surface area (Å²) in [6, 6.07) is 8.84. The van der Waals surface area contributed by atoms with E-state index in [0.717, 1.165) is 38.2 Å². The van der Waals surface area contributed by atoms with Crippen LogP contribution in [0, 0.1) is 0 Å². The van der Waals surface area contributed by atoms with E-state index in [1.807, 2.05) is 18.0 Å². The minimum absolute atomic E-state index is 0.255. The van der Waals surface area contributed by atoms with Crippen LogP contribution in [0.25, 0.3) is 0 Å². The van der Waals surface area contributed by atoms with Gasteiger partial charge in [0.1, 0.15) is 0 Å². The molecule has 0 aliphatic carbocycles. The van der Waals surface area contributed by atoms with E-state index >= 15 is 0 Å². The number of carbonyl (C=O) groups excluding carboxylic acids is 1. The number of fused-ring (bicyclic) bond motifs is 1. The predicted molar refractivity (Wildman–Crippen MR) is 85.6 cm³/mol. The fourth-order valence-electron chi connectivity index (χ4n) is 3.62. The minimum atomic E-state index is 0.255. The fraction of sp³-hybridized carbons (Fsp3) is 0.588. The second kappa shape index (κ2) is 6.58. The molecule has 3 rings (SSSR count). The maximum atomic E-state index is 12.7. The lowest BCUT2D eigenvalue weighted by molar-refractivity contribution is -0.120. The molecule has 1 aromatic rings. The van der Waals surface area contributed by atoms with E-state index in [0.29, 0.717) is 12.6 Å². The lowest BCUT2D eigenvalue weighted by Crippen LogP contribution is -2.46. The first kappa shape index (κ1) is 14.5. The summed E-state index contributed by atoms with van der Waals surface area (Å²) in [7, 11) is 1.99. The average molecular weight is 287 g/mol. The quantitative estimate of drug-likeness (QED) is 0.914. The van der Waals surface area contributed by atoms with Crippen molar-refractivity contribution in [1.82, 2.24) is 10.2 Å². The number of anilines is 1. The number of likely N-dealkylation sites (tertiary alicyclic amines) is 1. The van der Waals surface area contributed by atoms with Crippen molar-refractivity contribution in [1.29, 1.82) is 0 Å². The molecule has 0 saturated carbocycles. The molecule has 1 fully saturated rings. The lowest BCUT2D eigenvalue weighted by atomic mass is 10.0. The molecule has 2 aliphatic rings. The van der Waals surface area contributed by atoms with Gasteiger partial charge in [-0.25, -0.2) is 0 Å². The van der Waals surface area contributed by atoms with Crippen LogP contribution in [-0.4, -0.2) is 50.1 Å². The van der Waals surface area contributed by atoms with Gasteiger partial charge >= 0.3 is 0 Å². The molecule has 0 radical (unpaired) electrons. The molecule has 1 amide bonds. The monoisotopic (exact) mass is 287 g/mol. The van der Waals surface area contributed by atoms with Crippen molar-refractivity contribution in [3.8, 4) is 0 Å². The molecule has 1 unspecified atom stereocenters. The van der Waals surface area contributed by atoms with Crippen LogP contribution in [0.3, 0.4) is 0 Å². The third-order valence-corrected chi connectivity index (χ3v) is 4.69. The lowest BCUT2D eigenvalue weighted by Gasteiger charge is -2.32. The van der Waals surface area contributed by atoms with Crippen LogP contribution in [-0.2, 0) is 11.2 Å². The molecule has 114 valence electrons. The highest BCUT2D eigenvalue weighted by molar-refractivity contribution is 5.96. The Kier molecular flexibility index (Phi) is 4.56. The highest BCUT2D eigenvalue weighted by Gasteiger charge is 2.29. The van der Waals surface area contributed by atoms with E-state index in [9.17, 15) is 4.79 Å². The van der Waals surface area contributed by atoms with E-state index in [-0.39, 0.29) is 5.91 Å². The molecule has 1 saturated heterocycles. The van der Waals surface area contributed by atoms with E-state index in [1.165, 1.54) is 18.4 Å². The number of hydrogen-bond donors (Lipinski definition) is 1. The van der Waals surface area contributed by atoms with Crippen LogP contribution in [0.15, 0.2) is 24.3 Å². The Balaban J connectivity index is 1.69. The smallest absolute Gasteiger partial charge is 0.241 e. The van der Waals surface area contributed by atoms with Gasteiger partial charge in [-0.2, -0.15) is 0 Å². The van der Waals surface area contributed by atoms with Gasteiger partial charge in [0.05, 0.1) is 6.54 Å². The van der Waals surface area contributed by atoms with Crippen LogP contribution in [0.5, 0.6) is 0 Å². The number of carbonyl (C=O) groups is 1. The minimum Gasteiger partial charge on any atom is -0.318 e. The SMILES string of the molecule is CNCC1CCCN1CC(=O)N1CCCc2ccccc21. The van der Waals surface area contributed by atoms with Crippen molar-refractivity contribution in [2.45, 2.75) is 31.7 Å². The first-order chi connectivity index (χ1) is 10.3. The number of likely N-dealkylation sites (N-methyl/N-ethyl adjacent to an activating group) is 1. The summed E-state index contributed by atoms with van der Waals surface area (Å²) in [6.45, 7) is 3.44. The van der Waals surface area contributed by atoms with E-state index < -0.39 is 0 Å². The first-order valence-electron chi connectivity index (χ1n) is 8.06. The first-order valence-corrected chi connectivity index (χ1v) is 8.06. The van der Waals surface area contributed by atoms with Gasteiger partial charge in [-0.15, -0.1) is 0 Å². The van der Waals surface area contributed by atoms with Gasteiger partial charge in [-0.05, 0) is 50.9 Å². The van der Waals surface area contributed by atoms with Crippen LogP contribution in [0.4, 0.5) is 5.69 Å². The Morgan fingerprint density at radius 2 is 2.14 bits per heavy atom. The number of nitrogens with zero attached hydrogens (tertiary/aromatic N) is 2. The summed E-state index contributed by atoms with van der Waals surface area (Å²) in [4.78, 5) is 17.1. The Hall–Kier alpha value is -1.39. The molecule has 0 aromatic heterocycles. The highest BCUT2D eigenvalue weighted by atomic mass is 16.2. The van der Waals surface area contributed by atoms with Crippen LogP contribution in [0.1, 0.15) is 24.8 Å². The third-order valence-electron chi connectivity index (χ3n) is 4.69. The summed E-state index contributed by atoms with van der Waals surface area (Å²) in [6.07, 6.45) is 4.57. The highest BCUT2D eigenvalue weighted by Crippen LogP contribution is 2.27. The summed E-state index contributed by atoms with van der Waals surface area (Å²) >= 11 is 0. The van der Waals surface area contributed by atoms with Gasteiger partial charge in [0.15, 0.2) is 0 Å². The molecule has 2 heterocycles. The van der Waals surface area contributed by atoms with Gasteiger partial charge in [0.25, 0.3) is 0 Å². The number of aryl methyl sites for hydroxylation is 1. The summed E-state index contributed by atoms with van der Waals surface area (Å²) in [5.74, 6) is 0.255. The molecule has 1 N–H and O–H groups in total. The van der Waals surface area contributed by atoms with E-state index in [2.05, 4.69) is 28.4 Å². The summed E-state index contributed by atoms with van der Waals surface area (Å²) < 4.78 is 0. The standard InChI is InChI=1S/C17H25N3O/c1-18-12-15-8-5-10-19(15)13-17(21)20-11-4-7-14-6-2-3-9-16(14)20/h2-3,6,9,15,18H,4-5,7-8,10-13H2,1H3. The van der Waals surface area contributed by atoms with Gasteiger partial charge in [-0.3, -0.25) is 9.69 Å². The van der Waals surface area contributed by atoms with E-state index in [4.69, 9.17) is 0 Å². The average Bonchev–Trinajstić information content (AvgIpc) is 2.94. The van der Waals surface area contributed by atoms with Crippen LogP contribution in [0.2, 0.25) is 0 Å². The second-order valence-electron chi connectivity index (χ2n) is 6.10. The maximum absolute atomic E-state index is 12.7. The van der Waals surface area contributed by atoms with Crippen molar-refractivity contribution >= 4 is 11.6 Å². The van der Waals surface area contributed by atoms with Gasteiger partial charge < -0.3 is 10.2 Å². The molecule has 0 spiro atoms. The summed E-state index contributed by atoms with van der Waals surface area (Å²) in [5.41, 5.74) is 2.43. The molecule has 0 bridgehead atoms. The largest absolute Gasteiger partial charge is 0.318 e. The number of para-hydroxylation sites is 1. The molecule has 1 aromatic carbocycles. The van der Waals surface area contributed by atoms with Crippen LogP contribution < -0.4 is 10.2 Å². The van der Waals surface area contributed by atoms with Gasteiger partial charge in [0, 0.05) is 24.8 Å². The zero-order valence-electron chi connectivity index (χ0n) is 12.8. The second-order valence-corrected chi connectivity index (χ2v) is 6.10. The molecule has 2 aliphatic heterocycles. The molecular formula is C17H25N3O. The summed E-state index contributed by atoms with van der Waals surface area (Å²) in [5, 5.41) is 3.24. The zero-order valence-corrected chi connectivity index (χ0v) is 12.8. The number of rotatable bonds is 4. The number of amides is 1. The van der Waals surface area contributed by atoms with E-state index in [1.54, 1.807) is 0 Å². The van der Waals surface area contributed by atoms with Crippen molar-refractivity contribution < 1.29 is 4.79 Å². The number of benzene rings is 1. The third kappa shape index (κ3) is 3.11. The van der Waals surface area contributed by atoms with Crippen molar-refractivity contribution in [3.63, 3.8) is 0 Å². The van der Waals surface area contributed by atoms with Crippen molar-refractivity contribution in [3.05, 3.63) is 29.8 Å². The van der Waals surface area contributed by atoms with Gasteiger partial charge in [-0.1, -0.05) is 18.2 Å². The Morgan fingerprint density at radius 3 is 3.00 bits per heavy atom. The molecule has 4 heteroatoms. The molecule has 1 atom stereocenters. The normalized spacial score (nSPS) is 22.3. The molecular weight excluding hydrogens is 262 g/mol. The molecule has 4 nitrogen and oxygen atoms in total. The van der Waals surface area contributed by atoms with Crippen molar-refractivity contribution in [2.24, 2.45) is 0 Å². The van der Waals surface area contributed by atoms with Crippen LogP contribution >= 0.6 is 0 Å². The molecule has 21 heavy (non-hydrogen) atoms. The topological polar surface area (TPSA) is 35.6 Å². The number of hydrogen-bond acceptors (Lipinski definition) is 3. The van der Waals surface area contributed by atoms with Gasteiger partial charge in [0.2, 0.25) is 5.91 Å². The zero-order chi connectivity index (χ0) is 14.7. The maximum Gasteiger partial charge on any atom is 0.241 e. The number of nitrogens with one attached hydrogen (secondary N) is 1. The Labute approximate surface area is 127 Å². The Bertz CT molecular complexity index is 503. The van der Waals surface area contributed by atoms with Crippen molar-refractivity contribution in [2.75, 3.05) is 38.1 Å². The Morgan fingerprint density at radius 1 is 1.29 bits per heavy atom. The predicted octanol–water partition coefficient (Wildman–Crippen LogP) is 1.65.